The van der Waals surface area contributed by atoms with Crippen LogP contribution >= 0.6 is 11.8 Å². The van der Waals surface area contributed by atoms with E-state index in [-0.39, 0.29) is 18.3 Å². The molecule has 1 N–H and O–H groups in total. The Hall–Kier alpha value is -3.32. The number of nitrogens with zero attached hydrogens (tertiary/aromatic N) is 2. The van der Waals surface area contributed by atoms with Gasteiger partial charge in [0.2, 0.25) is 5.91 Å². The van der Waals surface area contributed by atoms with Crippen molar-refractivity contribution >= 4 is 34.1 Å². The zero-order valence-corrected chi connectivity index (χ0v) is 17.3. The molecule has 1 aromatic heterocycles. The van der Waals surface area contributed by atoms with Gasteiger partial charge in [0.1, 0.15) is 5.75 Å². The van der Waals surface area contributed by atoms with Crippen molar-refractivity contribution in [2.24, 2.45) is 0 Å². The summed E-state index contributed by atoms with van der Waals surface area (Å²) >= 11 is 1.19. The maximum Gasteiger partial charge on any atom is 0.277 e. The average molecular weight is 420 g/mol. The molecule has 7 heteroatoms. The van der Waals surface area contributed by atoms with Gasteiger partial charge in [-0.1, -0.05) is 61.2 Å². The number of benzene rings is 3. The molecule has 152 valence electrons. The number of carbonyl (C=O) groups is 1. The molecule has 0 radical (unpaired) electrons. The van der Waals surface area contributed by atoms with Crippen LogP contribution in [0.4, 0.5) is 5.69 Å². The fraction of sp³-hybridized carbons (Fsp3) is 0.174. The number of anilines is 1. The number of aryl methyl sites for hydroxylation is 1. The predicted molar refractivity (Wildman–Crippen MR) is 118 cm³/mol. The van der Waals surface area contributed by atoms with Gasteiger partial charge in [0.15, 0.2) is 6.61 Å². The Kier molecular flexibility index (Phi) is 6.29. The van der Waals surface area contributed by atoms with Crippen molar-refractivity contribution in [1.82, 2.24) is 10.2 Å². The van der Waals surface area contributed by atoms with Crippen molar-refractivity contribution in [3.05, 3.63) is 78.2 Å². The third-order valence-corrected chi connectivity index (χ3v) is 5.32. The van der Waals surface area contributed by atoms with E-state index in [4.69, 9.17) is 9.15 Å². The van der Waals surface area contributed by atoms with Gasteiger partial charge >= 0.3 is 0 Å². The van der Waals surface area contributed by atoms with Gasteiger partial charge in [-0.25, -0.2) is 0 Å². The van der Waals surface area contributed by atoms with E-state index in [1.165, 1.54) is 17.3 Å². The van der Waals surface area contributed by atoms with E-state index in [2.05, 4.69) is 22.4 Å². The number of nitrogens with one attached hydrogen (secondary N) is 1. The lowest BCUT2D eigenvalue weighted by Crippen LogP contribution is -2.13. The Bertz CT molecular complexity index is 1140. The first-order valence-electron chi connectivity index (χ1n) is 9.65. The Morgan fingerprint density at radius 2 is 1.83 bits per heavy atom. The monoisotopic (exact) mass is 419 g/mol. The quantitative estimate of drug-likeness (QED) is 0.401. The van der Waals surface area contributed by atoms with Gasteiger partial charge < -0.3 is 14.5 Å². The molecule has 0 spiro atoms. The Balaban J connectivity index is 1.26. The molecule has 3 aromatic carbocycles. The molecule has 1 heterocycles. The van der Waals surface area contributed by atoms with Gasteiger partial charge in [-0.15, -0.1) is 10.2 Å². The molecule has 1 amide bonds. The highest BCUT2D eigenvalue weighted by Gasteiger charge is 2.11. The van der Waals surface area contributed by atoms with E-state index in [0.29, 0.717) is 11.1 Å². The van der Waals surface area contributed by atoms with Gasteiger partial charge in [-0.2, -0.15) is 0 Å². The minimum atomic E-state index is -0.137. The smallest absolute Gasteiger partial charge is 0.277 e. The van der Waals surface area contributed by atoms with Gasteiger partial charge in [0.05, 0.1) is 5.75 Å². The Morgan fingerprint density at radius 3 is 2.63 bits per heavy atom. The number of aromatic nitrogens is 2. The molecular formula is C23H21N3O3S. The van der Waals surface area contributed by atoms with Crippen LogP contribution in [0, 0.1) is 0 Å². The second-order valence-corrected chi connectivity index (χ2v) is 7.57. The highest BCUT2D eigenvalue weighted by Crippen LogP contribution is 2.21. The number of amides is 1. The molecule has 0 saturated carbocycles. The lowest BCUT2D eigenvalue weighted by atomic mass is 10.1. The molecule has 0 aliphatic rings. The summed E-state index contributed by atoms with van der Waals surface area (Å²) in [5.74, 6) is 1.15. The molecule has 6 nitrogen and oxygen atoms in total. The first-order chi connectivity index (χ1) is 14.7. The van der Waals surface area contributed by atoms with Crippen molar-refractivity contribution < 1.29 is 13.9 Å². The van der Waals surface area contributed by atoms with Crippen molar-refractivity contribution in [2.75, 3.05) is 11.1 Å². The topological polar surface area (TPSA) is 77.2 Å². The zero-order valence-electron chi connectivity index (χ0n) is 16.5. The molecule has 0 unspecified atom stereocenters. The van der Waals surface area contributed by atoms with Gasteiger partial charge in [-0.3, -0.25) is 4.79 Å². The highest BCUT2D eigenvalue weighted by atomic mass is 32.2. The van der Waals surface area contributed by atoms with Crippen LogP contribution in [0.2, 0.25) is 0 Å². The summed E-state index contributed by atoms with van der Waals surface area (Å²) in [6.07, 6.45) is 0.985. The molecule has 0 fully saturated rings. The molecule has 4 aromatic rings. The number of rotatable bonds is 8. The minimum Gasteiger partial charge on any atom is -0.484 e. The van der Waals surface area contributed by atoms with E-state index >= 15 is 0 Å². The first-order valence-corrected chi connectivity index (χ1v) is 10.6. The number of carbonyl (C=O) groups excluding carboxylic acids is 1. The van der Waals surface area contributed by atoms with Crippen LogP contribution in [0.1, 0.15) is 18.4 Å². The van der Waals surface area contributed by atoms with Crippen LogP contribution in [0.3, 0.4) is 0 Å². The van der Waals surface area contributed by atoms with E-state index in [9.17, 15) is 4.79 Å². The van der Waals surface area contributed by atoms with E-state index in [0.717, 1.165) is 28.6 Å². The third kappa shape index (κ3) is 5.18. The summed E-state index contributed by atoms with van der Waals surface area (Å²) < 4.78 is 11.2. The number of fused-ring (bicyclic) bond motifs is 1. The maximum atomic E-state index is 12.2. The van der Waals surface area contributed by atoms with E-state index in [1.54, 1.807) is 0 Å². The van der Waals surface area contributed by atoms with Crippen LogP contribution in [0.25, 0.3) is 10.8 Å². The molecule has 30 heavy (non-hydrogen) atoms. The van der Waals surface area contributed by atoms with Gasteiger partial charge in [0.25, 0.3) is 11.1 Å². The van der Waals surface area contributed by atoms with Crippen LogP contribution in [0.15, 0.2) is 76.4 Å². The second-order valence-electron chi connectivity index (χ2n) is 6.65. The molecule has 4 rings (SSSR count). The second kappa shape index (κ2) is 9.45. The fourth-order valence-corrected chi connectivity index (χ4v) is 3.49. The summed E-state index contributed by atoms with van der Waals surface area (Å²) in [4.78, 5) is 12.2. The molecule has 0 bridgehead atoms. The standard InChI is InChI=1S/C23H21N3O3S/c1-2-16-7-11-20(12-8-16)28-14-22-25-26-23(29-22)30-15-21(27)24-19-10-9-17-5-3-4-6-18(17)13-19/h3-13H,2,14-15H2,1H3,(H,24,27). The predicted octanol–water partition coefficient (Wildman–Crippen LogP) is 5.10. The van der Waals surface area contributed by atoms with Crippen molar-refractivity contribution in [3.8, 4) is 5.75 Å². The number of ether oxygens (including phenoxy) is 1. The highest BCUT2D eigenvalue weighted by molar-refractivity contribution is 7.99. The lowest BCUT2D eigenvalue weighted by molar-refractivity contribution is -0.113. The number of thioether (sulfide) groups is 1. The lowest BCUT2D eigenvalue weighted by Gasteiger charge is -2.05. The van der Waals surface area contributed by atoms with E-state index < -0.39 is 0 Å². The SMILES string of the molecule is CCc1ccc(OCc2nnc(SCC(=O)Nc3ccc4ccccc4c3)o2)cc1. The molecule has 0 aliphatic heterocycles. The average Bonchev–Trinajstić information content (AvgIpc) is 3.24. The van der Waals surface area contributed by atoms with Crippen LogP contribution in [-0.2, 0) is 17.8 Å². The van der Waals surface area contributed by atoms with Crippen LogP contribution in [-0.4, -0.2) is 21.9 Å². The summed E-state index contributed by atoms with van der Waals surface area (Å²) in [6.45, 7) is 2.29. The van der Waals surface area contributed by atoms with Crippen LogP contribution in [0.5, 0.6) is 5.75 Å². The number of hydrogen-bond donors (Lipinski definition) is 1. The summed E-state index contributed by atoms with van der Waals surface area (Å²) in [5.41, 5.74) is 2.01. The fourth-order valence-electron chi connectivity index (χ4n) is 2.91. The molecule has 0 aliphatic carbocycles. The largest absolute Gasteiger partial charge is 0.484 e. The third-order valence-electron chi connectivity index (χ3n) is 4.50. The van der Waals surface area contributed by atoms with Crippen molar-refractivity contribution in [1.29, 1.82) is 0 Å². The zero-order chi connectivity index (χ0) is 20.8. The van der Waals surface area contributed by atoms with E-state index in [1.807, 2.05) is 66.7 Å². The summed E-state index contributed by atoms with van der Waals surface area (Å²) in [6, 6.07) is 21.7. The number of hydrogen-bond acceptors (Lipinski definition) is 6. The van der Waals surface area contributed by atoms with Crippen LogP contribution < -0.4 is 10.1 Å². The normalized spacial score (nSPS) is 10.8. The minimum absolute atomic E-state index is 0.137. The Morgan fingerprint density at radius 1 is 1.03 bits per heavy atom. The molecular weight excluding hydrogens is 398 g/mol. The summed E-state index contributed by atoms with van der Waals surface area (Å²) in [7, 11) is 0. The molecule has 0 saturated heterocycles. The first kappa shape index (κ1) is 20.0. The van der Waals surface area contributed by atoms with Gasteiger partial charge in [0, 0.05) is 5.69 Å². The van der Waals surface area contributed by atoms with Crippen molar-refractivity contribution in [3.63, 3.8) is 0 Å². The van der Waals surface area contributed by atoms with Crippen molar-refractivity contribution in [2.45, 2.75) is 25.2 Å². The molecule has 0 atom stereocenters. The summed E-state index contributed by atoms with van der Waals surface area (Å²) in [5, 5.41) is 13.4. The Labute approximate surface area is 178 Å². The maximum absolute atomic E-state index is 12.2. The van der Waals surface area contributed by atoms with Gasteiger partial charge in [-0.05, 0) is 47.0 Å².